The normalized spacial score (nSPS) is 10.8. The van der Waals surface area contributed by atoms with Gasteiger partial charge in [0.05, 0.1) is 7.11 Å². The molecule has 6 nitrogen and oxygen atoms in total. The second-order valence-corrected chi connectivity index (χ2v) is 5.77. The summed E-state index contributed by atoms with van der Waals surface area (Å²) in [7, 11) is 1.56. The van der Waals surface area contributed by atoms with Gasteiger partial charge in [-0.1, -0.05) is 0 Å². The molecule has 0 bridgehead atoms. The van der Waals surface area contributed by atoms with Crippen molar-refractivity contribution in [3.8, 4) is 17.6 Å². The highest BCUT2D eigenvalue weighted by molar-refractivity contribution is 6.09. The molecule has 0 spiro atoms. The van der Waals surface area contributed by atoms with Crippen LogP contribution in [0.2, 0.25) is 0 Å². The Morgan fingerprint density at radius 2 is 1.89 bits per heavy atom. The molecule has 0 aliphatic rings. The Kier molecular flexibility index (Phi) is 6.84. The number of benzene rings is 2. The van der Waals surface area contributed by atoms with Gasteiger partial charge in [-0.25, -0.2) is 0 Å². The third kappa shape index (κ3) is 5.02. The standard InChI is InChI=1S/C21H23N3O3/c1-4-24(5-2)18-9-6-15(20(13-18)27-3)12-16(14-22)21(26)23-17-7-10-19(25)11-8-17/h6-13,25H,4-5H2,1-3H3,(H,23,26)/b16-12-. The number of aromatic hydroxyl groups is 1. The third-order valence-corrected chi connectivity index (χ3v) is 4.14. The summed E-state index contributed by atoms with van der Waals surface area (Å²) < 4.78 is 5.44. The first-order valence-corrected chi connectivity index (χ1v) is 8.67. The highest BCUT2D eigenvalue weighted by atomic mass is 16.5. The number of nitrogens with one attached hydrogen (secondary N) is 1. The van der Waals surface area contributed by atoms with E-state index in [1.54, 1.807) is 19.2 Å². The van der Waals surface area contributed by atoms with Crippen LogP contribution in [0, 0.1) is 11.3 Å². The number of ether oxygens (including phenoxy) is 1. The molecule has 1 amide bonds. The monoisotopic (exact) mass is 365 g/mol. The van der Waals surface area contributed by atoms with Crippen molar-refractivity contribution in [1.82, 2.24) is 0 Å². The van der Waals surface area contributed by atoms with Crippen LogP contribution in [0.5, 0.6) is 11.5 Å². The molecule has 0 saturated carbocycles. The van der Waals surface area contributed by atoms with Crippen LogP contribution in [0.4, 0.5) is 11.4 Å². The van der Waals surface area contributed by atoms with Gasteiger partial charge in [0, 0.05) is 36.1 Å². The lowest BCUT2D eigenvalue weighted by atomic mass is 10.1. The van der Waals surface area contributed by atoms with E-state index in [2.05, 4.69) is 24.1 Å². The number of carbonyl (C=O) groups excluding carboxylic acids is 1. The van der Waals surface area contributed by atoms with Crippen LogP contribution in [-0.4, -0.2) is 31.2 Å². The zero-order chi connectivity index (χ0) is 19.8. The Labute approximate surface area is 159 Å². The summed E-state index contributed by atoms with van der Waals surface area (Å²) in [5, 5.41) is 21.3. The molecule has 0 fully saturated rings. The summed E-state index contributed by atoms with van der Waals surface area (Å²) in [6.45, 7) is 5.89. The van der Waals surface area contributed by atoms with Crippen molar-refractivity contribution < 1.29 is 14.6 Å². The Balaban J connectivity index is 2.29. The molecule has 0 atom stereocenters. The number of rotatable bonds is 7. The largest absolute Gasteiger partial charge is 0.508 e. The quantitative estimate of drug-likeness (QED) is 0.443. The SMILES string of the molecule is CCN(CC)c1ccc(/C=C(/C#N)C(=O)Nc2ccc(O)cc2)c(OC)c1. The number of nitriles is 1. The fourth-order valence-corrected chi connectivity index (χ4v) is 2.65. The van der Waals surface area contributed by atoms with Gasteiger partial charge in [-0.05, 0) is 56.3 Å². The van der Waals surface area contributed by atoms with Crippen LogP contribution in [0.3, 0.4) is 0 Å². The van der Waals surface area contributed by atoms with E-state index in [4.69, 9.17) is 4.74 Å². The molecule has 6 heteroatoms. The molecule has 0 saturated heterocycles. The van der Waals surface area contributed by atoms with Gasteiger partial charge in [-0.3, -0.25) is 4.79 Å². The maximum atomic E-state index is 12.4. The number of phenols is 1. The molecular weight excluding hydrogens is 342 g/mol. The molecular formula is C21H23N3O3. The van der Waals surface area contributed by atoms with Crippen molar-refractivity contribution in [3.05, 3.63) is 53.6 Å². The summed E-state index contributed by atoms with van der Waals surface area (Å²) >= 11 is 0. The molecule has 0 aromatic heterocycles. The molecule has 2 rings (SSSR count). The number of methoxy groups -OCH3 is 1. The first-order chi connectivity index (χ1) is 13.0. The number of anilines is 2. The first kappa shape index (κ1) is 19.9. The maximum Gasteiger partial charge on any atom is 0.266 e. The Morgan fingerprint density at radius 3 is 2.44 bits per heavy atom. The Hall–Kier alpha value is -3.46. The van der Waals surface area contributed by atoms with Gasteiger partial charge in [-0.2, -0.15) is 5.26 Å². The lowest BCUT2D eigenvalue weighted by molar-refractivity contribution is -0.112. The van der Waals surface area contributed by atoms with Gasteiger partial charge in [0.15, 0.2) is 0 Å². The van der Waals surface area contributed by atoms with Crippen LogP contribution < -0.4 is 15.0 Å². The fourth-order valence-electron chi connectivity index (χ4n) is 2.65. The molecule has 2 N–H and O–H groups in total. The highest BCUT2D eigenvalue weighted by Crippen LogP contribution is 2.27. The van der Waals surface area contributed by atoms with Gasteiger partial charge < -0.3 is 20.1 Å². The number of hydrogen-bond acceptors (Lipinski definition) is 5. The molecule has 27 heavy (non-hydrogen) atoms. The van der Waals surface area contributed by atoms with Crippen molar-refractivity contribution >= 4 is 23.4 Å². The average Bonchev–Trinajstić information content (AvgIpc) is 2.69. The van der Waals surface area contributed by atoms with Crippen molar-refractivity contribution in [2.45, 2.75) is 13.8 Å². The van der Waals surface area contributed by atoms with E-state index < -0.39 is 5.91 Å². The van der Waals surface area contributed by atoms with E-state index in [-0.39, 0.29) is 11.3 Å². The minimum atomic E-state index is -0.530. The maximum absolute atomic E-state index is 12.4. The molecule has 0 unspecified atom stereocenters. The van der Waals surface area contributed by atoms with Gasteiger partial charge in [-0.15, -0.1) is 0 Å². The summed E-state index contributed by atoms with van der Waals surface area (Å²) in [5.74, 6) is 0.157. The number of phenolic OH excluding ortho intramolecular Hbond substituents is 1. The summed E-state index contributed by atoms with van der Waals surface area (Å²) in [5.41, 5.74) is 2.10. The predicted octanol–water partition coefficient (Wildman–Crippen LogP) is 3.79. The smallest absolute Gasteiger partial charge is 0.266 e. The van der Waals surface area contributed by atoms with Crippen LogP contribution in [0.15, 0.2) is 48.0 Å². The minimum absolute atomic E-state index is 0.0445. The van der Waals surface area contributed by atoms with Crippen molar-refractivity contribution in [2.75, 3.05) is 30.4 Å². The molecule has 0 aliphatic heterocycles. The van der Waals surface area contributed by atoms with E-state index >= 15 is 0 Å². The lowest BCUT2D eigenvalue weighted by Gasteiger charge is -2.22. The third-order valence-electron chi connectivity index (χ3n) is 4.14. The van der Waals surface area contributed by atoms with E-state index in [1.807, 2.05) is 24.3 Å². The summed E-state index contributed by atoms with van der Waals surface area (Å²) in [6, 6.07) is 13.6. The molecule has 2 aromatic carbocycles. The van der Waals surface area contributed by atoms with E-state index in [9.17, 15) is 15.2 Å². The van der Waals surface area contributed by atoms with Crippen molar-refractivity contribution in [2.24, 2.45) is 0 Å². The Bertz CT molecular complexity index is 863. The lowest BCUT2D eigenvalue weighted by Crippen LogP contribution is -2.21. The molecule has 0 radical (unpaired) electrons. The second kappa shape index (κ2) is 9.30. The number of hydrogen-bond donors (Lipinski definition) is 2. The second-order valence-electron chi connectivity index (χ2n) is 5.77. The van der Waals surface area contributed by atoms with Crippen LogP contribution in [0.25, 0.3) is 6.08 Å². The summed E-state index contributed by atoms with van der Waals surface area (Å²) in [4.78, 5) is 14.6. The summed E-state index contributed by atoms with van der Waals surface area (Å²) in [6.07, 6.45) is 1.50. The minimum Gasteiger partial charge on any atom is -0.508 e. The van der Waals surface area contributed by atoms with E-state index in [0.29, 0.717) is 17.0 Å². The zero-order valence-corrected chi connectivity index (χ0v) is 15.7. The van der Waals surface area contributed by atoms with Crippen molar-refractivity contribution in [3.63, 3.8) is 0 Å². The van der Waals surface area contributed by atoms with E-state index in [1.165, 1.54) is 18.2 Å². The first-order valence-electron chi connectivity index (χ1n) is 8.67. The molecule has 140 valence electrons. The molecule has 0 heterocycles. The van der Waals surface area contributed by atoms with Gasteiger partial charge in [0.2, 0.25) is 0 Å². The predicted molar refractivity (Wildman–Crippen MR) is 107 cm³/mol. The van der Waals surface area contributed by atoms with Crippen LogP contribution in [-0.2, 0) is 4.79 Å². The zero-order valence-electron chi connectivity index (χ0n) is 15.7. The van der Waals surface area contributed by atoms with E-state index in [0.717, 1.165) is 18.8 Å². The molecule has 0 aliphatic carbocycles. The van der Waals surface area contributed by atoms with Crippen molar-refractivity contribution in [1.29, 1.82) is 5.26 Å². The van der Waals surface area contributed by atoms with Crippen LogP contribution >= 0.6 is 0 Å². The van der Waals surface area contributed by atoms with Gasteiger partial charge in [0.25, 0.3) is 5.91 Å². The van der Waals surface area contributed by atoms with Gasteiger partial charge >= 0.3 is 0 Å². The molecule has 2 aromatic rings. The number of carbonyl (C=O) groups is 1. The Morgan fingerprint density at radius 1 is 1.22 bits per heavy atom. The fraction of sp³-hybridized carbons (Fsp3) is 0.238. The average molecular weight is 365 g/mol. The van der Waals surface area contributed by atoms with Crippen LogP contribution in [0.1, 0.15) is 19.4 Å². The number of nitrogens with zero attached hydrogens (tertiary/aromatic N) is 2. The highest BCUT2D eigenvalue weighted by Gasteiger charge is 2.13. The topological polar surface area (TPSA) is 85.6 Å². The van der Waals surface area contributed by atoms with Gasteiger partial charge in [0.1, 0.15) is 23.1 Å². The number of amides is 1.